The van der Waals surface area contributed by atoms with Gasteiger partial charge in [-0.3, -0.25) is 9.59 Å². The lowest BCUT2D eigenvalue weighted by Gasteiger charge is -2.56. The molecule has 6 aliphatic rings. The van der Waals surface area contributed by atoms with Gasteiger partial charge < -0.3 is 15.1 Å². The fourth-order valence-electron chi connectivity index (χ4n) is 7.64. The van der Waals surface area contributed by atoms with Gasteiger partial charge in [-0.05, 0) is 95.1 Å². The standard InChI is InChI=1S/C22H35N3O2.ClH/c1-23-13-15-4-6-24(14-15)20(26)19-3-2-5-25(19)21(27)22-10-16-7-17(11-22)9-18(8-16)12-22;/h15-19,23H,2-14H2,1H3;1H. The predicted molar refractivity (Wildman–Crippen MR) is 111 cm³/mol. The lowest BCUT2D eigenvalue weighted by Crippen LogP contribution is -2.57. The van der Waals surface area contributed by atoms with E-state index in [0.29, 0.717) is 11.8 Å². The van der Waals surface area contributed by atoms with Gasteiger partial charge >= 0.3 is 0 Å². The first-order valence-corrected chi connectivity index (χ1v) is 11.3. The van der Waals surface area contributed by atoms with Crippen molar-refractivity contribution < 1.29 is 9.59 Å². The van der Waals surface area contributed by atoms with E-state index in [4.69, 9.17) is 0 Å². The van der Waals surface area contributed by atoms with E-state index in [9.17, 15) is 9.59 Å². The van der Waals surface area contributed by atoms with E-state index in [-0.39, 0.29) is 29.8 Å². The van der Waals surface area contributed by atoms with Crippen LogP contribution in [0.3, 0.4) is 0 Å². The normalized spacial score (nSPS) is 41.4. The van der Waals surface area contributed by atoms with Crippen molar-refractivity contribution in [2.75, 3.05) is 33.2 Å². The van der Waals surface area contributed by atoms with E-state index >= 15 is 0 Å². The molecule has 2 heterocycles. The molecule has 4 bridgehead atoms. The number of nitrogens with zero attached hydrogens (tertiary/aromatic N) is 2. The summed E-state index contributed by atoms with van der Waals surface area (Å²) in [5.41, 5.74) is -0.114. The van der Waals surface area contributed by atoms with Crippen LogP contribution in [0.1, 0.15) is 57.8 Å². The second-order valence-corrected chi connectivity index (χ2v) is 10.4. The Morgan fingerprint density at radius 3 is 2.25 bits per heavy atom. The molecule has 2 saturated heterocycles. The van der Waals surface area contributed by atoms with Crippen LogP contribution in [-0.4, -0.2) is 60.9 Å². The fourth-order valence-corrected chi connectivity index (χ4v) is 7.64. The third-order valence-corrected chi connectivity index (χ3v) is 8.38. The maximum Gasteiger partial charge on any atom is 0.245 e. The molecule has 6 heteroatoms. The molecule has 0 aromatic carbocycles. The van der Waals surface area contributed by atoms with Gasteiger partial charge in [-0.1, -0.05) is 0 Å². The number of nitrogens with one attached hydrogen (secondary N) is 1. The van der Waals surface area contributed by atoms with E-state index in [1.54, 1.807) is 0 Å². The van der Waals surface area contributed by atoms with Crippen molar-refractivity contribution >= 4 is 24.2 Å². The van der Waals surface area contributed by atoms with E-state index in [1.807, 2.05) is 16.8 Å². The van der Waals surface area contributed by atoms with Crippen LogP contribution in [0.4, 0.5) is 0 Å². The summed E-state index contributed by atoms with van der Waals surface area (Å²) in [6.07, 6.45) is 10.3. The molecular weight excluding hydrogens is 374 g/mol. The zero-order valence-corrected chi connectivity index (χ0v) is 18.0. The van der Waals surface area contributed by atoms with Crippen LogP contribution in [0.25, 0.3) is 0 Å². The molecular formula is C22H36ClN3O2. The van der Waals surface area contributed by atoms with Crippen LogP contribution < -0.4 is 5.32 Å². The van der Waals surface area contributed by atoms with Gasteiger partial charge in [0.05, 0.1) is 5.41 Å². The van der Waals surface area contributed by atoms with Crippen LogP contribution in [0.5, 0.6) is 0 Å². The molecule has 2 unspecified atom stereocenters. The van der Waals surface area contributed by atoms with Gasteiger partial charge in [0, 0.05) is 19.6 Å². The highest BCUT2D eigenvalue weighted by Gasteiger charge is 2.57. The Hall–Kier alpha value is -0.810. The van der Waals surface area contributed by atoms with Crippen LogP contribution in [0, 0.1) is 29.1 Å². The number of likely N-dealkylation sites (tertiary alicyclic amines) is 2. The van der Waals surface area contributed by atoms with Gasteiger partial charge in [-0.25, -0.2) is 0 Å². The topological polar surface area (TPSA) is 52.7 Å². The van der Waals surface area contributed by atoms with E-state index in [1.165, 1.54) is 19.3 Å². The quantitative estimate of drug-likeness (QED) is 0.776. The number of amides is 2. The van der Waals surface area contributed by atoms with Crippen LogP contribution in [0.15, 0.2) is 0 Å². The molecule has 6 rings (SSSR count). The molecule has 0 radical (unpaired) electrons. The average Bonchev–Trinajstić information content (AvgIpc) is 3.29. The Kier molecular flexibility index (Phi) is 5.69. The lowest BCUT2D eigenvalue weighted by atomic mass is 9.49. The Labute approximate surface area is 175 Å². The summed E-state index contributed by atoms with van der Waals surface area (Å²) in [6, 6.07) is -0.182. The largest absolute Gasteiger partial charge is 0.341 e. The van der Waals surface area contributed by atoms with Crippen molar-refractivity contribution in [2.24, 2.45) is 29.1 Å². The summed E-state index contributed by atoms with van der Waals surface area (Å²) in [7, 11) is 1.98. The van der Waals surface area contributed by atoms with Crippen LogP contribution >= 0.6 is 12.4 Å². The molecule has 5 nitrogen and oxygen atoms in total. The Bertz CT molecular complexity index is 590. The minimum atomic E-state index is -0.182. The summed E-state index contributed by atoms with van der Waals surface area (Å²) in [4.78, 5) is 31.1. The molecule has 4 aliphatic carbocycles. The maximum atomic E-state index is 13.7. The third kappa shape index (κ3) is 3.36. The Morgan fingerprint density at radius 1 is 1.00 bits per heavy atom. The second kappa shape index (κ2) is 7.79. The highest BCUT2D eigenvalue weighted by Crippen LogP contribution is 2.60. The molecule has 4 saturated carbocycles. The van der Waals surface area contributed by atoms with Crippen molar-refractivity contribution in [2.45, 2.75) is 63.8 Å². The maximum absolute atomic E-state index is 13.7. The molecule has 6 fully saturated rings. The number of hydrogen-bond acceptors (Lipinski definition) is 3. The second-order valence-electron chi connectivity index (χ2n) is 10.4. The lowest BCUT2D eigenvalue weighted by molar-refractivity contribution is -0.161. The Morgan fingerprint density at radius 2 is 1.64 bits per heavy atom. The summed E-state index contributed by atoms with van der Waals surface area (Å²) >= 11 is 0. The molecule has 0 aromatic rings. The third-order valence-electron chi connectivity index (χ3n) is 8.38. The van der Waals surface area contributed by atoms with Gasteiger partial charge in [-0.2, -0.15) is 0 Å². The van der Waals surface area contributed by atoms with Crippen LogP contribution in [0.2, 0.25) is 0 Å². The molecule has 2 aliphatic heterocycles. The van der Waals surface area contributed by atoms with Crippen molar-refractivity contribution in [1.82, 2.24) is 15.1 Å². The van der Waals surface area contributed by atoms with E-state index in [0.717, 1.165) is 82.5 Å². The van der Waals surface area contributed by atoms with Gasteiger partial charge in [0.25, 0.3) is 0 Å². The van der Waals surface area contributed by atoms with Crippen molar-refractivity contribution in [3.63, 3.8) is 0 Å². The Balaban J connectivity index is 0.00000192. The minimum Gasteiger partial charge on any atom is -0.341 e. The number of carbonyl (C=O) groups is 2. The first-order chi connectivity index (χ1) is 13.1. The van der Waals surface area contributed by atoms with Crippen molar-refractivity contribution in [3.8, 4) is 0 Å². The molecule has 0 spiro atoms. The van der Waals surface area contributed by atoms with E-state index < -0.39 is 0 Å². The summed E-state index contributed by atoms with van der Waals surface area (Å²) in [5, 5.41) is 3.24. The number of halogens is 1. The van der Waals surface area contributed by atoms with Gasteiger partial charge in [-0.15, -0.1) is 12.4 Å². The first-order valence-electron chi connectivity index (χ1n) is 11.3. The van der Waals surface area contributed by atoms with Crippen molar-refractivity contribution in [1.29, 1.82) is 0 Å². The molecule has 28 heavy (non-hydrogen) atoms. The van der Waals surface area contributed by atoms with E-state index in [2.05, 4.69) is 5.32 Å². The minimum absolute atomic E-state index is 0. The van der Waals surface area contributed by atoms with Gasteiger partial charge in [0.1, 0.15) is 6.04 Å². The fraction of sp³-hybridized carbons (Fsp3) is 0.909. The smallest absolute Gasteiger partial charge is 0.245 e. The summed E-state index contributed by atoms with van der Waals surface area (Å²) < 4.78 is 0. The highest BCUT2D eigenvalue weighted by molar-refractivity contribution is 5.91. The number of hydrogen-bond donors (Lipinski definition) is 1. The molecule has 0 aromatic heterocycles. The van der Waals surface area contributed by atoms with Gasteiger partial charge in [0.2, 0.25) is 11.8 Å². The molecule has 2 amide bonds. The van der Waals surface area contributed by atoms with Crippen molar-refractivity contribution in [3.05, 3.63) is 0 Å². The number of rotatable bonds is 4. The van der Waals surface area contributed by atoms with Crippen LogP contribution in [-0.2, 0) is 9.59 Å². The predicted octanol–water partition coefficient (Wildman–Crippen LogP) is 2.68. The first kappa shape index (κ1) is 20.5. The summed E-state index contributed by atoms with van der Waals surface area (Å²) in [5.74, 6) is 3.47. The highest BCUT2D eigenvalue weighted by atomic mass is 35.5. The average molecular weight is 410 g/mol. The molecule has 158 valence electrons. The monoisotopic (exact) mass is 409 g/mol. The zero-order chi connectivity index (χ0) is 18.6. The SMILES string of the molecule is CNCC1CCN(C(=O)C2CCCN2C(=O)C23CC4CC(CC(C4)C2)C3)C1.Cl. The molecule has 1 N–H and O–H groups in total. The summed E-state index contributed by atoms with van der Waals surface area (Å²) in [6.45, 7) is 3.49. The zero-order valence-electron chi connectivity index (χ0n) is 17.2. The number of carbonyl (C=O) groups excluding carboxylic acids is 2. The van der Waals surface area contributed by atoms with Gasteiger partial charge in [0.15, 0.2) is 0 Å². The molecule has 2 atom stereocenters.